The molecule has 3 amide bonds. The molecule has 140 valence electrons. The smallest absolute Gasteiger partial charge is 0.243 e. The Morgan fingerprint density at radius 2 is 2.04 bits per heavy atom. The van der Waals surface area contributed by atoms with E-state index in [0.717, 1.165) is 19.3 Å². The maximum Gasteiger partial charge on any atom is 0.243 e. The molecule has 1 heterocycles. The van der Waals surface area contributed by atoms with Crippen molar-refractivity contribution in [3.8, 4) is 0 Å². The number of nitrogens with zero attached hydrogens (tertiary/aromatic N) is 1. The van der Waals surface area contributed by atoms with E-state index in [0.29, 0.717) is 13.0 Å². The molecule has 0 aromatic heterocycles. The number of rotatable bonds is 5. The van der Waals surface area contributed by atoms with Gasteiger partial charge in [-0.05, 0) is 43.7 Å². The first-order valence-corrected chi connectivity index (χ1v) is 9.18. The summed E-state index contributed by atoms with van der Waals surface area (Å²) in [5.74, 6) is -0.736. The van der Waals surface area contributed by atoms with E-state index in [4.69, 9.17) is 5.73 Å². The summed E-state index contributed by atoms with van der Waals surface area (Å²) in [5, 5.41) is 5.62. The Balaban J connectivity index is 1.58. The van der Waals surface area contributed by atoms with Crippen LogP contribution in [0.15, 0.2) is 24.3 Å². The van der Waals surface area contributed by atoms with Gasteiger partial charge >= 0.3 is 0 Å². The first-order chi connectivity index (χ1) is 12.5. The number of hydrogen-bond acceptors (Lipinski definition) is 4. The maximum absolute atomic E-state index is 12.8. The monoisotopic (exact) mass is 358 g/mol. The van der Waals surface area contributed by atoms with Crippen LogP contribution in [0.3, 0.4) is 0 Å². The van der Waals surface area contributed by atoms with Crippen LogP contribution < -0.4 is 16.4 Å². The number of benzene rings is 1. The van der Waals surface area contributed by atoms with E-state index in [9.17, 15) is 14.4 Å². The Morgan fingerprint density at radius 3 is 2.81 bits per heavy atom. The minimum atomic E-state index is -0.664. The molecule has 0 bridgehead atoms. The zero-order valence-corrected chi connectivity index (χ0v) is 15.0. The molecule has 1 aliphatic heterocycles. The van der Waals surface area contributed by atoms with Gasteiger partial charge in [0.15, 0.2) is 0 Å². The van der Waals surface area contributed by atoms with Gasteiger partial charge in [-0.2, -0.15) is 0 Å². The fourth-order valence-electron chi connectivity index (χ4n) is 3.74. The number of fused-ring (bicyclic) bond motifs is 1. The fraction of sp³-hybridized carbons (Fsp3) is 0.526. The molecule has 3 rings (SSSR count). The van der Waals surface area contributed by atoms with Crippen molar-refractivity contribution in [3.63, 3.8) is 0 Å². The van der Waals surface area contributed by atoms with Gasteiger partial charge in [-0.3, -0.25) is 14.4 Å². The number of carbonyl (C=O) groups is 3. The molecular formula is C19H26N4O3. The van der Waals surface area contributed by atoms with E-state index in [1.165, 1.54) is 11.1 Å². The quantitative estimate of drug-likeness (QED) is 0.701. The molecule has 2 aliphatic rings. The molecule has 7 heteroatoms. The largest absolute Gasteiger partial charge is 0.347 e. The van der Waals surface area contributed by atoms with Gasteiger partial charge < -0.3 is 21.3 Å². The predicted molar refractivity (Wildman–Crippen MR) is 97.0 cm³/mol. The second kappa shape index (κ2) is 7.86. The highest BCUT2D eigenvalue weighted by Gasteiger charge is 2.35. The highest BCUT2D eigenvalue weighted by molar-refractivity contribution is 5.91. The topological polar surface area (TPSA) is 105 Å². The molecular weight excluding hydrogens is 332 g/mol. The van der Waals surface area contributed by atoms with Gasteiger partial charge in [0.1, 0.15) is 6.04 Å². The first-order valence-electron chi connectivity index (χ1n) is 9.18. The Kier molecular flexibility index (Phi) is 5.56. The van der Waals surface area contributed by atoms with Gasteiger partial charge in [-0.15, -0.1) is 0 Å². The minimum Gasteiger partial charge on any atom is -0.347 e. The second-order valence-corrected chi connectivity index (χ2v) is 7.05. The standard InChI is InChI=1S/C19H26N4O3/c1-12(20)18(25)21-11-17(24)23-10-4-7-16(23)19(26)22-15-9-8-13-5-2-3-6-14(13)15/h2-3,5-6,12,15-16H,4,7-11,20H2,1H3,(H,21,25)(H,22,26). The van der Waals surface area contributed by atoms with Crippen LogP contribution in [0.5, 0.6) is 0 Å². The summed E-state index contributed by atoms with van der Waals surface area (Å²) in [6.07, 6.45) is 3.27. The lowest BCUT2D eigenvalue weighted by molar-refractivity contribution is -0.139. The van der Waals surface area contributed by atoms with Crippen molar-refractivity contribution in [2.45, 2.75) is 50.7 Å². The van der Waals surface area contributed by atoms with Crippen LogP contribution >= 0.6 is 0 Å². The number of likely N-dealkylation sites (tertiary alicyclic amines) is 1. The summed E-state index contributed by atoms with van der Waals surface area (Å²) in [6.45, 7) is 1.97. The van der Waals surface area contributed by atoms with Crippen molar-refractivity contribution < 1.29 is 14.4 Å². The van der Waals surface area contributed by atoms with Crippen LogP contribution in [0.1, 0.15) is 43.4 Å². The molecule has 3 unspecified atom stereocenters. The number of carbonyl (C=O) groups excluding carboxylic acids is 3. The fourth-order valence-corrected chi connectivity index (χ4v) is 3.74. The molecule has 1 aliphatic carbocycles. The first kappa shape index (κ1) is 18.4. The van der Waals surface area contributed by atoms with Gasteiger partial charge in [0.25, 0.3) is 0 Å². The SMILES string of the molecule is CC(N)C(=O)NCC(=O)N1CCCC1C(=O)NC1CCc2ccccc21. The highest BCUT2D eigenvalue weighted by Crippen LogP contribution is 2.31. The summed E-state index contributed by atoms with van der Waals surface area (Å²) in [4.78, 5) is 38.3. The number of hydrogen-bond donors (Lipinski definition) is 3. The van der Waals surface area contributed by atoms with Crippen molar-refractivity contribution in [2.75, 3.05) is 13.1 Å². The molecule has 1 aromatic rings. The van der Waals surface area contributed by atoms with E-state index in [1.807, 2.05) is 18.2 Å². The molecule has 4 N–H and O–H groups in total. The van der Waals surface area contributed by atoms with Crippen LogP contribution in [-0.4, -0.2) is 47.8 Å². The molecule has 0 radical (unpaired) electrons. The van der Waals surface area contributed by atoms with Crippen LogP contribution in [0.2, 0.25) is 0 Å². The number of amides is 3. The summed E-state index contributed by atoms with van der Waals surface area (Å²) in [5.41, 5.74) is 7.92. The van der Waals surface area contributed by atoms with Gasteiger partial charge in [0.05, 0.1) is 18.6 Å². The molecule has 3 atom stereocenters. The minimum absolute atomic E-state index is 0.00837. The van der Waals surface area contributed by atoms with Crippen molar-refractivity contribution in [1.29, 1.82) is 0 Å². The third-order valence-electron chi connectivity index (χ3n) is 5.15. The average Bonchev–Trinajstić information content (AvgIpc) is 3.27. The summed E-state index contributed by atoms with van der Waals surface area (Å²) in [7, 11) is 0. The lowest BCUT2D eigenvalue weighted by Gasteiger charge is -2.26. The van der Waals surface area contributed by atoms with Crippen molar-refractivity contribution in [1.82, 2.24) is 15.5 Å². The normalized spacial score (nSPS) is 22.6. The molecule has 1 saturated heterocycles. The van der Waals surface area contributed by atoms with E-state index in [-0.39, 0.29) is 30.3 Å². The number of nitrogens with two attached hydrogens (primary N) is 1. The Morgan fingerprint density at radius 1 is 1.27 bits per heavy atom. The van der Waals surface area contributed by atoms with Gasteiger partial charge in [-0.1, -0.05) is 24.3 Å². The number of aryl methyl sites for hydroxylation is 1. The lowest BCUT2D eigenvalue weighted by atomic mass is 10.1. The third kappa shape index (κ3) is 3.88. The van der Waals surface area contributed by atoms with E-state index in [2.05, 4.69) is 16.7 Å². The zero-order valence-electron chi connectivity index (χ0n) is 15.0. The van der Waals surface area contributed by atoms with Crippen LogP contribution in [0, 0.1) is 0 Å². The second-order valence-electron chi connectivity index (χ2n) is 7.05. The van der Waals surface area contributed by atoms with Crippen LogP contribution in [0.4, 0.5) is 0 Å². The maximum atomic E-state index is 12.8. The zero-order chi connectivity index (χ0) is 18.7. The average molecular weight is 358 g/mol. The van der Waals surface area contributed by atoms with Gasteiger partial charge in [-0.25, -0.2) is 0 Å². The Hall–Kier alpha value is -2.41. The molecule has 7 nitrogen and oxygen atoms in total. The molecule has 0 spiro atoms. The van der Waals surface area contributed by atoms with Crippen LogP contribution in [-0.2, 0) is 20.8 Å². The number of nitrogens with one attached hydrogen (secondary N) is 2. The molecule has 0 saturated carbocycles. The van der Waals surface area contributed by atoms with E-state index in [1.54, 1.807) is 11.8 Å². The Bertz CT molecular complexity index is 704. The van der Waals surface area contributed by atoms with Crippen molar-refractivity contribution >= 4 is 17.7 Å². The van der Waals surface area contributed by atoms with Crippen molar-refractivity contribution in [2.24, 2.45) is 5.73 Å². The van der Waals surface area contributed by atoms with Gasteiger partial charge in [0, 0.05) is 6.54 Å². The molecule has 26 heavy (non-hydrogen) atoms. The van der Waals surface area contributed by atoms with Crippen LogP contribution in [0.25, 0.3) is 0 Å². The van der Waals surface area contributed by atoms with Crippen molar-refractivity contribution in [3.05, 3.63) is 35.4 Å². The summed E-state index contributed by atoms with van der Waals surface area (Å²) >= 11 is 0. The molecule has 1 fully saturated rings. The van der Waals surface area contributed by atoms with E-state index < -0.39 is 12.1 Å². The van der Waals surface area contributed by atoms with Gasteiger partial charge in [0.2, 0.25) is 17.7 Å². The lowest BCUT2D eigenvalue weighted by Crippen LogP contribution is -2.50. The molecule has 1 aromatic carbocycles. The third-order valence-corrected chi connectivity index (χ3v) is 5.15. The predicted octanol–water partition coefficient (Wildman–Crippen LogP) is 0.245. The highest BCUT2D eigenvalue weighted by atomic mass is 16.2. The summed E-state index contributed by atoms with van der Waals surface area (Å²) < 4.78 is 0. The van der Waals surface area contributed by atoms with E-state index >= 15 is 0 Å². The Labute approximate surface area is 153 Å². The summed E-state index contributed by atoms with van der Waals surface area (Å²) in [6, 6.07) is 7.01.